The van der Waals surface area contributed by atoms with E-state index in [1.807, 2.05) is 30.3 Å². The number of carbonyl (C=O) groups is 1. The largest absolute Gasteiger partial charge is 0.462 e. The molecule has 1 aliphatic heterocycles. The lowest BCUT2D eigenvalue weighted by atomic mass is 10.1. The highest BCUT2D eigenvalue weighted by Gasteiger charge is 2.29. The summed E-state index contributed by atoms with van der Waals surface area (Å²) in [5.41, 5.74) is 2.24. The van der Waals surface area contributed by atoms with Gasteiger partial charge in [-0.3, -0.25) is 9.36 Å². The Hall–Kier alpha value is -2.56. The molecular formula is C18H20N2O3. The number of hydrogen-bond acceptors (Lipinski definition) is 4. The smallest absolute Gasteiger partial charge is 0.342 e. The number of esters is 1. The summed E-state index contributed by atoms with van der Waals surface area (Å²) >= 11 is 0. The van der Waals surface area contributed by atoms with Crippen molar-refractivity contribution in [3.05, 3.63) is 63.4 Å². The first-order chi connectivity index (χ1) is 11.1. The first kappa shape index (κ1) is 15.3. The molecule has 0 fully saturated rings. The number of nitrogens with zero attached hydrogens (tertiary/aromatic N) is 2. The predicted molar refractivity (Wildman–Crippen MR) is 88.9 cm³/mol. The van der Waals surface area contributed by atoms with Crippen LogP contribution >= 0.6 is 0 Å². The number of rotatable bonds is 4. The molecule has 23 heavy (non-hydrogen) atoms. The van der Waals surface area contributed by atoms with Crippen molar-refractivity contribution in [3.63, 3.8) is 0 Å². The van der Waals surface area contributed by atoms with Crippen molar-refractivity contribution in [2.24, 2.45) is 0 Å². The van der Waals surface area contributed by atoms with Gasteiger partial charge in [0.15, 0.2) is 0 Å². The highest BCUT2D eigenvalue weighted by atomic mass is 16.5. The number of anilines is 1. The van der Waals surface area contributed by atoms with Gasteiger partial charge in [0.05, 0.1) is 6.61 Å². The van der Waals surface area contributed by atoms with Crippen molar-refractivity contribution >= 4 is 11.8 Å². The van der Waals surface area contributed by atoms with Gasteiger partial charge in [0, 0.05) is 25.7 Å². The number of fused-ring (bicyclic) bond motifs is 1. The molecule has 1 aliphatic rings. The van der Waals surface area contributed by atoms with Crippen LogP contribution in [0.2, 0.25) is 0 Å². The van der Waals surface area contributed by atoms with Crippen LogP contribution < -0.4 is 10.5 Å². The number of hydrogen-bond donors (Lipinski definition) is 0. The van der Waals surface area contributed by atoms with Crippen molar-refractivity contribution in [1.82, 2.24) is 4.57 Å². The zero-order valence-electron chi connectivity index (χ0n) is 13.4. The van der Waals surface area contributed by atoms with E-state index in [4.69, 9.17) is 4.74 Å². The normalized spacial score (nSPS) is 13.0. The van der Waals surface area contributed by atoms with Crippen LogP contribution in [0.3, 0.4) is 0 Å². The molecule has 0 N–H and O–H groups in total. The topological polar surface area (TPSA) is 51.5 Å². The van der Waals surface area contributed by atoms with Gasteiger partial charge >= 0.3 is 5.97 Å². The van der Waals surface area contributed by atoms with Gasteiger partial charge in [0.2, 0.25) is 0 Å². The molecule has 5 nitrogen and oxygen atoms in total. The average Bonchev–Trinajstić information content (AvgIpc) is 2.93. The SMILES string of the molecule is CCOC(=O)c1c(C)cc(=O)n2c1N(Cc1ccccc1)CC2. The maximum absolute atomic E-state index is 12.4. The Morgan fingerprint density at radius 1 is 1.22 bits per heavy atom. The molecule has 1 aromatic carbocycles. The summed E-state index contributed by atoms with van der Waals surface area (Å²) in [5, 5.41) is 0. The molecule has 0 saturated carbocycles. The molecular weight excluding hydrogens is 292 g/mol. The first-order valence-corrected chi connectivity index (χ1v) is 7.82. The lowest BCUT2D eigenvalue weighted by Crippen LogP contribution is -2.25. The van der Waals surface area contributed by atoms with E-state index in [1.54, 1.807) is 18.4 Å². The van der Waals surface area contributed by atoms with E-state index in [0.29, 0.717) is 43.2 Å². The van der Waals surface area contributed by atoms with Crippen LogP contribution in [0.25, 0.3) is 0 Å². The third-order valence-corrected chi connectivity index (χ3v) is 4.07. The molecule has 2 heterocycles. The van der Waals surface area contributed by atoms with Gasteiger partial charge in [0.25, 0.3) is 5.56 Å². The lowest BCUT2D eigenvalue weighted by Gasteiger charge is -2.22. The molecule has 0 unspecified atom stereocenters. The van der Waals surface area contributed by atoms with E-state index in [0.717, 1.165) is 5.56 Å². The summed E-state index contributed by atoms with van der Waals surface area (Å²) < 4.78 is 6.86. The molecule has 3 rings (SSSR count). The van der Waals surface area contributed by atoms with Crippen molar-refractivity contribution in [2.75, 3.05) is 18.1 Å². The minimum Gasteiger partial charge on any atom is -0.462 e. The summed E-state index contributed by atoms with van der Waals surface area (Å²) in [6, 6.07) is 11.5. The molecule has 0 atom stereocenters. The lowest BCUT2D eigenvalue weighted by molar-refractivity contribution is 0.0525. The maximum atomic E-state index is 12.4. The molecule has 0 radical (unpaired) electrons. The molecule has 0 bridgehead atoms. The molecule has 0 spiro atoms. The van der Waals surface area contributed by atoms with Crippen LogP contribution in [-0.4, -0.2) is 23.7 Å². The zero-order chi connectivity index (χ0) is 16.4. The Morgan fingerprint density at radius 3 is 2.65 bits per heavy atom. The highest BCUT2D eigenvalue weighted by Crippen LogP contribution is 2.28. The number of ether oxygens (including phenoxy) is 1. The number of pyridine rings is 1. The number of aromatic nitrogens is 1. The third-order valence-electron chi connectivity index (χ3n) is 4.07. The van der Waals surface area contributed by atoms with Gasteiger partial charge in [-0.15, -0.1) is 0 Å². The second-order valence-corrected chi connectivity index (χ2v) is 5.64. The van der Waals surface area contributed by atoms with Crippen molar-refractivity contribution < 1.29 is 9.53 Å². The second-order valence-electron chi connectivity index (χ2n) is 5.64. The van der Waals surface area contributed by atoms with Gasteiger partial charge < -0.3 is 9.64 Å². The number of carbonyl (C=O) groups excluding carboxylic acids is 1. The molecule has 0 saturated heterocycles. The fourth-order valence-corrected chi connectivity index (χ4v) is 3.04. The number of aryl methyl sites for hydroxylation is 1. The van der Waals surface area contributed by atoms with Gasteiger partial charge in [-0.1, -0.05) is 30.3 Å². The monoisotopic (exact) mass is 312 g/mol. The van der Waals surface area contributed by atoms with Gasteiger partial charge in [-0.05, 0) is 25.0 Å². The minimum absolute atomic E-state index is 0.0684. The van der Waals surface area contributed by atoms with E-state index in [9.17, 15) is 9.59 Å². The van der Waals surface area contributed by atoms with Crippen LogP contribution in [0.4, 0.5) is 5.82 Å². The van der Waals surface area contributed by atoms with E-state index < -0.39 is 0 Å². The van der Waals surface area contributed by atoms with Crippen molar-refractivity contribution in [3.8, 4) is 0 Å². The van der Waals surface area contributed by atoms with E-state index in [-0.39, 0.29) is 11.5 Å². The second kappa shape index (κ2) is 6.28. The zero-order valence-corrected chi connectivity index (χ0v) is 13.4. The first-order valence-electron chi connectivity index (χ1n) is 7.82. The summed E-state index contributed by atoms with van der Waals surface area (Å²) in [4.78, 5) is 26.7. The van der Waals surface area contributed by atoms with Crippen LogP contribution in [0.5, 0.6) is 0 Å². The molecule has 0 amide bonds. The number of benzene rings is 1. The summed E-state index contributed by atoms with van der Waals surface area (Å²) in [5.74, 6) is 0.311. The Kier molecular flexibility index (Phi) is 4.19. The standard InChI is InChI=1S/C18H20N2O3/c1-3-23-18(22)16-13(2)11-15(21)20-10-9-19(17(16)20)12-14-7-5-4-6-8-14/h4-8,11H,3,9-10,12H2,1-2H3. The molecule has 1 aromatic heterocycles. The fraction of sp³-hybridized carbons (Fsp3) is 0.333. The van der Waals surface area contributed by atoms with Crippen molar-refractivity contribution in [1.29, 1.82) is 0 Å². The Labute approximate surface area is 135 Å². The maximum Gasteiger partial charge on any atom is 0.342 e. The van der Waals surface area contributed by atoms with Crippen molar-refractivity contribution in [2.45, 2.75) is 26.9 Å². The molecule has 5 heteroatoms. The summed E-state index contributed by atoms with van der Waals surface area (Å²) in [7, 11) is 0. The van der Waals surface area contributed by atoms with E-state index in [1.165, 1.54) is 6.07 Å². The van der Waals surface area contributed by atoms with Crippen LogP contribution in [0, 0.1) is 6.92 Å². The summed E-state index contributed by atoms with van der Waals surface area (Å²) in [6.45, 7) is 5.84. The quantitative estimate of drug-likeness (QED) is 0.813. The predicted octanol–water partition coefficient (Wildman–Crippen LogP) is 2.35. The van der Waals surface area contributed by atoms with E-state index in [2.05, 4.69) is 4.90 Å². The van der Waals surface area contributed by atoms with Crippen LogP contribution in [0.15, 0.2) is 41.2 Å². The van der Waals surface area contributed by atoms with Crippen LogP contribution in [0.1, 0.15) is 28.4 Å². The van der Waals surface area contributed by atoms with Gasteiger partial charge in [-0.2, -0.15) is 0 Å². The average molecular weight is 312 g/mol. The van der Waals surface area contributed by atoms with Gasteiger partial charge in [-0.25, -0.2) is 4.79 Å². The Morgan fingerprint density at radius 2 is 1.96 bits per heavy atom. The molecule has 120 valence electrons. The van der Waals surface area contributed by atoms with Gasteiger partial charge in [0.1, 0.15) is 11.4 Å². The third kappa shape index (κ3) is 2.86. The Bertz CT molecular complexity index is 781. The molecule has 2 aromatic rings. The van der Waals surface area contributed by atoms with Crippen LogP contribution in [-0.2, 0) is 17.8 Å². The fourth-order valence-electron chi connectivity index (χ4n) is 3.04. The minimum atomic E-state index is -0.367. The summed E-state index contributed by atoms with van der Waals surface area (Å²) in [6.07, 6.45) is 0. The Balaban J connectivity index is 2.05. The molecule has 0 aliphatic carbocycles. The van der Waals surface area contributed by atoms with E-state index >= 15 is 0 Å². The highest BCUT2D eigenvalue weighted by molar-refractivity contribution is 5.96.